The number of methoxy groups -OCH3 is 2. The molecule has 0 radical (unpaired) electrons. The summed E-state index contributed by atoms with van der Waals surface area (Å²) < 4.78 is 10.7. The Labute approximate surface area is 392 Å². The van der Waals surface area contributed by atoms with E-state index in [-0.39, 0.29) is 35.3 Å². The number of ketones is 2. The van der Waals surface area contributed by atoms with Gasteiger partial charge in [-0.25, -0.2) is 0 Å². The minimum atomic E-state index is -0.952. The Bertz CT molecular complexity index is 2690. The van der Waals surface area contributed by atoms with Crippen molar-refractivity contribution >= 4 is 92.5 Å². The number of carbonyl (C=O) groups is 4. The summed E-state index contributed by atoms with van der Waals surface area (Å²) in [5.74, 6) is -0.120. The first kappa shape index (κ1) is 46.2. The molecule has 1 atom stereocenters. The number of amides is 2. The van der Waals surface area contributed by atoms with Crippen LogP contribution < -0.4 is 14.8 Å². The molecule has 63 heavy (non-hydrogen) atoms. The van der Waals surface area contributed by atoms with Gasteiger partial charge in [-0.2, -0.15) is 0 Å². The number of thiophene rings is 2. The highest BCUT2D eigenvalue weighted by Crippen LogP contribution is 2.40. The molecule has 16 heteroatoms. The van der Waals surface area contributed by atoms with Gasteiger partial charge in [0, 0.05) is 51.5 Å². The zero-order chi connectivity index (χ0) is 44.9. The lowest BCUT2D eigenvalue weighted by Crippen LogP contribution is -2.47. The van der Waals surface area contributed by atoms with E-state index in [0.717, 1.165) is 13.1 Å². The second-order valence-electron chi connectivity index (χ2n) is 14.9. The molecular formula is C47H41Cl4N3O7S2. The molecule has 2 N–H and O–H groups in total. The van der Waals surface area contributed by atoms with Crippen LogP contribution in [0.3, 0.4) is 0 Å². The van der Waals surface area contributed by atoms with Gasteiger partial charge >= 0.3 is 0 Å². The molecule has 2 aromatic heterocycles. The molecule has 0 aliphatic carbocycles. The van der Waals surface area contributed by atoms with Gasteiger partial charge < -0.3 is 29.7 Å². The SMILES string of the molecule is COc1ccc(C(=O)c2cc(CC(=O)NC(CO)c3cc(-c4sc(C(=O)c5ccc(Cl)cc5OC)cc4CC(=O)N4CCN(C)CC4)ccc3Cl)c(-c3ccc(Cl)c(Cl)c3)s2)cc1. The van der Waals surface area contributed by atoms with E-state index in [0.29, 0.717) is 98.1 Å². The first-order chi connectivity index (χ1) is 30.3. The van der Waals surface area contributed by atoms with Gasteiger partial charge in [-0.15, -0.1) is 22.7 Å². The number of nitrogens with zero attached hydrogens (tertiary/aromatic N) is 2. The number of ether oxygens (including phenoxy) is 2. The Balaban J connectivity index is 1.19. The number of rotatable bonds is 15. The molecule has 10 nitrogen and oxygen atoms in total. The third-order valence-electron chi connectivity index (χ3n) is 10.7. The fraction of sp³-hybridized carbons (Fsp3) is 0.234. The molecule has 0 bridgehead atoms. The summed E-state index contributed by atoms with van der Waals surface area (Å²) in [6, 6.07) is 24.3. The van der Waals surface area contributed by atoms with Crippen LogP contribution in [0.1, 0.15) is 53.2 Å². The number of piperazine rings is 1. The number of aliphatic hydroxyl groups excluding tert-OH is 1. The molecule has 7 rings (SSSR count). The summed E-state index contributed by atoms with van der Waals surface area (Å²) in [6.07, 6.45) is -0.109. The van der Waals surface area contributed by atoms with E-state index in [2.05, 4.69) is 10.2 Å². The molecule has 1 aliphatic heterocycles. The highest BCUT2D eigenvalue weighted by molar-refractivity contribution is 7.18. The predicted octanol–water partition coefficient (Wildman–Crippen LogP) is 9.95. The summed E-state index contributed by atoms with van der Waals surface area (Å²) >= 11 is 28.1. The molecule has 1 fully saturated rings. The maximum absolute atomic E-state index is 14.0. The van der Waals surface area contributed by atoms with E-state index >= 15 is 0 Å². The van der Waals surface area contributed by atoms with Gasteiger partial charge in [0.2, 0.25) is 23.4 Å². The van der Waals surface area contributed by atoms with Gasteiger partial charge in [0.15, 0.2) is 0 Å². The average molecular weight is 966 g/mol. The van der Waals surface area contributed by atoms with Gasteiger partial charge in [0.25, 0.3) is 0 Å². The normalized spacial score (nSPS) is 13.4. The third kappa shape index (κ3) is 10.6. The standard InChI is InChI=1S/C47H41Cl4N3O7S2/c1-53-14-16-54(17-15-53)43(57)23-30-21-41(45(59)33-11-8-31(48)24-39(33)61-3)63-46(30)27-6-12-35(49)34(18-27)38(25-55)52-42(56)22-29-20-40(44(58)26-4-9-32(60-2)10-5-26)62-47(29)28-7-13-36(50)37(51)19-28/h4-13,18-21,24,38,55H,14-17,22-23,25H2,1-3H3,(H,52,56). The van der Waals surface area contributed by atoms with E-state index < -0.39 is 18.6 Å². The van der Waals surface area contributed by atoms with Crippen molar-refractivity contribution in [3.63, 3.8) is 0 Å². The minimum absolute atomic E-state index is 0.0451. The molecule has 2 amide bonds. The number of hydrogen-bond acceptors (Lipinski definition) is 10. The maximum atomic E-state index is 14.0. The number of benzene rings is 4. The largest absolute Gasteiger partial charge is 0.497 e. The lowest BCUT2D eigenvalue weighted by molar-refractivity contribution is -0.132. The molecule has 6 aromatic rings. The highest BCUT2D eigenvalue weighted by Gasteiger charge is 2.27. The third-order valence-corrected chi connectivity index (χ3v) is 14.5. The van der Waals surface area contributed by atoms with Gasteiger partial charge in [-0.05, 0) is 114 Å². The van der Waals surface area contributed by atoms with Crippen molar-refractivity contribution < 1.29 is 33.8 Å². The molecule has 3 heterocycles. The molecule has 0 spiro atoms. The zero-order valence-corrected chi connectivity index (χ0v) is 39.0. The fourth-order valence-corrected chi connectivity index (χ4v) is 10.2. The van der Waals surface area contributed by atoms with Crippen molar-refractivity contribution in [3.05, 3.63) is 149 Å². The fourth-order valence-electron chi connectivity index (χ4n) is 7.26. The van der Waals surface area contributed by atoms with Crippen LogP contribution in [-0.2, 0) is 22.4 Å². The number of likely N-dealkylation sites (N-methyl/N-ethyl adjacent to an activating group) is 1. The minimum Gasteiger partial charge on any atom is -0.497 e. The van der Waals surface area contributed by atoms with E-state index in [4.69, 9.17) is 55.9 Å². The van der Waals surface area contributed by atoms with Crippen molar-refractivity contribution in [1.82, 2.24) is 15.1 Å². The lowest BCUT2D eigenvalue weighted by atomic mass is 9.99. The van der Waals surface area contributed by atoms with Crippen LogP contribution in [0.4, 0.5) is 0 Å². The first-order valence-electron chi connectivity index (χ1n) is 19.7. The summed E-state index contributed by atoms with van der Waals surface area (Å²) in [4.78, 5) is 61.5. The monoisotopic (exact) mass is 963 g/mol. The van der Waals surface area contributed by atoms with Crippen LogP contribution >= 0.6 is 69.1 Å². The average Bonchev–Trinajstić information content (AvgIpc) is 3.91. The molecule has 1 saturated heterocycles. The van der Waals surface area contributed by atoms with E-state index in [1.165, 1.54) is 29.8 Å². The van der Waals surface area contributed by atoms with E-state index in [9.17, 15) is 24.3 Å². The number of carbonyl (C=O) groups excluding carboxylic acids is 4. The highest BCUT2D eigenvalue weighted by atomic mass is 35.5. The van der Waals surface area contributed by atoms with Gasteiger partial charge in [-0.1, -0.05) is 58.5 Å². The van der Waals surface area contributed by atoms with Crippen LogP contribution in [0.2, 0.25) is 20.1 Å². The van der Waals surface area contributed by atoms with Gasteiger partial charge in [0.1, 0.15) is 11.5 Å². The van der Waals surface area contributed by atoms with E-state index in [1.54, 1.807) is 98.1 Å². The Morgan fingerprint density at radius 1 is 0.698 bits per heavy atom. The Hall–Kier alpha value is -4.76. The summed E-state index contributed by atoms with van der Waals surface area (Å²) in [6.45, 7) is 2.18. The number of halogens is 4. The van der Waals surface area contributed by atoms with Crippen LogP contribution in [0.15, 0.2) is 91.0 Å². The van der Waals surface area contributed by atoms with Gasteiger partial charge in [-0.3, -0.25) is 19.2 Å². The zero-order valence-electron chi connectivity index (χ0n) is 34.3. The van der Waals surface area contributed by atoms with Crippen LogP contribution in [0, 0.1) is 0 Å². The predicted molar refractivity (Wildman–Crippen MR) is 252 cm³/mol. The summed E-state index contributed by atoms with van der Waals surface area (Å²) in [5, 5.41) is 15.1. The quantitative estimate of drug-likeness (QED) is 0.0976. The molecule has 0 saturated carbocycles. The topological polar surface area (TPSA) is 125 Å². The molecule has 1 aliphatic rings. The van der Waals surface area contributed by atoms with E-state index in [1.807, 2.05) is 11.9 Å². The smallest absolute Gasteiger partial charge is 0.227 e. The van der Waals surface area contributed by atoms with Crippen molar-refractivity contribution in [3.8, 4) is 32.4 Å². The second kappa shape index (κ2) is 20.4. The Kier molecular flexibility index (Phi) is 15.0. The van der Waals surface area contributed by atoms with Crippen LogP contribution in [0.25, 0.3) is 20.9 Å². The molecular weight excluding hydrogens is 924 g/mol. The number of hydrogen-bond donors (Lipinski definition) is 2. The van der Waals surface area contributed by atoms with Crippen molar-refractivity contribution in [1.29, 1.82) is 0 Å². The Morgan fingerprint density at radius 2 is 1.32 bits per heavy atom. The lowest BCUT2D eigenvalue weighted by Gasteiger charge is -2.32. The summed E-state index contributed by atoms with van der Waals surface area (Å²) in [5.41, 5.74) is 3.70. The molecule has 1 unspecified atom stereocenters. The van der Waals surface area contributed by atoms with Crippen molar-refractivity contribution in [2.45, 2.75) is 18.9 Å². The van der Waals surface area contributed by atoms with Crippen LogP contribution in [-0.4, -0.2) is 92.3 Å². The molecule has 326 valence electrons. The van der Waals surface area contributed by atoms with Crippen molar-refractivity contribution in [2.75, 3.05) is 54.1 Å². The van der Waals surface area contributed by atoms with Crippen LogP contribution in [0.5, 0.6) is 11.5 Å². The number of nitrogens with one attached hydrogen (secondary N) is 1. The Morgan fingerprint density at radius 3 is 1.94 bits per heavy atom. The van der Waals surface area contributed by atoms with Crippen molar-refractivity contribution in [2.24, 2.45) is 0 Å². The summed E-state index contributed by atoms with van der Waals surface area (Å²) in [7, 11) is 5.03. The molecule has 4 aromatic carbocycles. The first-order valence-corrected chi connectivity index (χ1v) is 22.9. The second-order valence-corrected chi connectivity index (χ2v) is 18.6. The van der Waals surface area contributed by atoms with Gasteiger partial charge in [0.05, 0.1) is 65.1 Å². The number of aliphatic hydroxyl groups is 1. The maximum Gasteiger partial charge on any atom is 0.227 e.